The lowest BCUT2D eigenvalue weighted by molar-refractivity contribution is -0.132. The first kappa shape index (κ1) is 29.4. The Morgan fingerprint density at radius 2 is 1.37 bits per heavy atom. The van der Waals surface area contributed by atoms with Gasteiger partial charge in [-0.05, 0) is 55.3 Å². The molecule has 6 N–H and O–H groups in total. The average molecular weight is 556 g/mol. The van der Waals surface area contributed by atoms with Gasteiger partial charge < -0.3 is 31.4 Å². The Morgan fingerprint density at radius 1 is 0.756 bits per heavy atom. The van der Waals surface area contributed by atoms with E-state index in [4.69, 9.17) is 0 Å². The van der Waals surface area contributed by atoms with Gasteiger partial charge in [0.15, 0.2) is 0 Å². The smallest absolute Gasteiger partial charge is 0.243 e. The van der Waals surface area contributed by atoms with Crippen LogP contribution in [0, 0.1) is 0 Å². The highest BCUT2D eigenvalue weighted by atomic mass is 16.3. The van der Waals surface area contributed by atoms with E-state index in [1.165, 1.54) is 12.1 Å². The first-order chi connectivity index (χ1) is 19.8. The Labute approximate surface area is 239 Å². The Morgan fingerprint density at radius 3 is 2.07 bits per heavy atom. The molecular weight excluding hydrogens is 518 g/mol. The van der Waals surface area contributed by atoms with E-state index in [1.807, 2.05) is 67.7 Å². The maximum Gasteiger partial charge on any atom is 0.243 e. The summed E-state index contributed by atoms with van der Waals surface area (Å²) < 4.78 is 0. The molecule has 0 saturated heterocycles. The molecule has 0 bridgehead atoms. The minimum absolute atomic E-state index is 0.0403. The number of amides is 3. The van der Waals surface area contributed by atoms with Gasteiger partial charge in [-0.3, -0.25) is 14.4 Å². The number of aromatic hydroxyl groups is 1. The number of fused-ring (bicyclic) bond motifs is 1. The lowest BCUT2D eigenvalue weighted by atomic mass is 10.0. The fraction of sp³-hybridized carbons (Fsp3) is 0.281. The van der Waals surface area contributed by atoms with Gasteiger partial charge in [0, 0.05) is 36.0 Å². The molecule has 0 spiro atoms. The van der Waals surface area contributed by atoms with Crippen LogP contribution >= 0.6 is 0 Å². The van der Waals surface area contributed by atoms with Crippen LogP contribution in [0.15, 0.2) is 85.1 Å². The molecule has 1 aromatic heterocycles. The zero-order valence-corrected chi connectivity index (χ0v) is 23.3. The SMILES string of the molecule is CNCC(=O)NC(Cc1ccc(O)cc1)C(=O)N[C@@H](Cc1ccccc1)C(=O)NC(C)Cc1c[nH]c2ccccc12. The van der Waals surface area contributed by atoms with Crippen LogP contribution in [0.2, 0.25) is 0 Å². The molecule has 0 fully saturated rings. The Hall–Kier alpha value is -4.63. The Bertz CT molecular complexity index is 1450. The van der Waals surface area contributed by atoms with Gasteiger partial charge in [-0.15, -0.1) is 0 Å². The van der Waals surface area contributed by atoms with E-state index < -0.39 is 18.0 Å². The third-order valence-electron chi connectivity index (χ3n) is 6.87. The molecular formula is C32H37N5O4. The Kier molecular flexibility index (Phi) is 10.1. The number of para-hydroxylation sites is 1. The van der Waals surface area contributed by atoms with Crippen LogP contribution in [0.3, 0.4) is 0 Å². The van der Waals surface area contributed by atoms with Crippen molar-refractivity contribution in [1.29, 1.82) is 0 Å². The largest absolute Gasteiger partial charge is 0.508 e. The molecule has 4 aromatic rings. The molecule has 3 amide bonds. The van der Waals surface area contributed by atoms with Gasteiger partial charge in [0.25, 0.3) is 0 Å². The van der Waals surface area contributed by atoms with Gasteiger partial charge in [-0.2, -0.15) is 0 Å². The summed E-state index contributed by atoms with van der Waals surface area (Å²) in [5, 5.41) is 22.3. The molecule has 1 heterocycles. The van der Waals surface area contributed by atoms with E-state index in [1.54, 1.807) is 19.2 Å². The zero-order chi connectivity index (χ0) is 29.2. The van der Waals surface area contributed by atoms with Gasteiger partial charge in [-0.1, -0.05) is 60.7 Å². The first-order valence-corrected chi connectivity index (χ1v) is 13.7. The van der Waals surface area contributed by atoms with Crippen LogP contribution in [0.5, 0.6) is 5.75 Å². The first-order valence-electron chi connectivity index (χ1n) is 13.7. The van der Waals surface area contributed by atoms with Crippen LogP contribution < -0.4 is 21.3 Å². The van der Waals surface area contributed by atoms with Crippen molar-refractivity contribution in [3.63, 3.8) is 0 Å². The number of benzene rings is 3. The van der Waals surface area contributed by atoms with Crippen LogP contribution in [0.4, 0.5) is 0 Å². The van der Waals surface area contributed by atoms with E-state index in [0.29, 0.717) is 6.42 Å². The predicted molar refractivity (Wildman–Crippen MR) is 159 cm³/mol. The van der Waals surface area contributed by atoms with Crippen molar-refractivity contribution in [3.8, 4) is 5.75 Å². The second-order valence-electron chi connectivity index (χ2n) is 10.2. The van der Waals surface area contributed by atoms with Crippen LogP contribution in [0.1, 0.15) is 23.6 Å². The van der Waals surface area contributed by atoms with Crippen molar-refractivity contribution in [2.24, 2.45) is 0 Å². The van der Waals surface area contributed by atoms with Crippen molar-refractivity contribution >= 4 is 28.6 Å². The summed E-state index contributed by atoms with van der Waals surface area (Å²) in [7, 11) is 1.65. The predicted octanol–water partition coefficient (Wildman–Crippen LogP) is 2.60. The number of hydrogen-bond donors (Lipinski definition) is 6. The van der Waals surface area contributed by atoms with E-state index in [9.17, 15) is 19.5 Å². The monoisotopic (exact) mass is 555 g/mol. The number of phenols is 1. The zero-order valence-electron chi connectivity index (χ0n) is 23.3. The number of aromatic amines is 1. The van der Waals surface area contributed by atoms with E-state index >= 15 is 0 Å². The van der Waals surface area contributed by atoms with Crippen LogP contribution in [-0.4, -0.2) is 59.5 Å². The van der Waals surface area contributed by atoms with Gasteiger partial charge in [0.1, 0.15) is 17.8 Å². The number of carbonyl (C=O) groups is 3. The molecule has 9 heteroatoms. The second-order valence-corrected chi connectivity index (χ2v) is 10.2. The van der Waals surface area contributed by atoms with Gasteiger partial charge in [0.2, 0.25) is 17.7 Å². The normalized spacial score (nSPS) is 13.2. The van der Waals surface area contributed by atoms with Crippen molar-refractivity contribution in [1.82, 2.24) is 26.3 Å². The molecule has 41 heavy (non-hydrogen) atoms. The summed E-state index contributed by atoms with van der Waals surface area (Å²) in [6.07, 6.45) is 3.05. The molecule has 214 valence electrons. The van der Waals surface area contributed by atoms with E-state index in [-0.39, 0.29) is 43.0 Å². The molecule has 2 unspecified atom stereocenters. The number of nitrogens with one attached hydrogen (secondary N) is 5. The fourth-order valence-corrected chi connectivity index (χ4v) is 4.84. The number of hydrogen-bond acceptors (Lipinski definition) is 5. The van der Waals surface area contributed by atoms with E-state index in [2.05, 4.69) is 26.3 Å². The van der Waals surface area contributed by atoms with Crippen LogP contribution in [-0.2, 0) is 33.6 Å². The third kappa shape index (κ3) is 8.43. The molecule has 0 aliphatic heterocycles. The van der Waals surface area contributed by atoms with Gasteiger partial charge in [-0.25, -0.2) is 0 Å². The number of carbonyl (C=O) groups excluding carboxylic acids is 3. The molecule has 9 nitrogen and oxygen atoms in total. The maximum atomic E-state index is 13.6. The minimum atomic E-state index is -0.921. The lowest BCUT2D eigenvalue weighted by Crippen LogP contribution is -2.56. The van der Waals surface area contributed by atoms with Crippen molar-refractivity contribution < 1.29 is 19.5 Å². The molecule has 4 rings (SSSR count). The summed E-state index contributed by atoms with van der Waals surface area (Å²) in [4.78, 5) is 42.8. The molecule has 0 radical (unpaired) electrons. The summed E-state index contributed by atoms with van der Waals surface area (Å²) in [6, 6.07) is 22.0. The van der Waals surface area contributed by atoms with Crippen molar-refractivity contribution in [2.45, 2.75) is 44.3 Å². The topological polar surface area (TPSA) is 135 Å². The van der Waals surface area contributed by atoms with Crippen molar-refractivity contribution in [2.75, 3.05) is 13.6 Å². The molecule has 0 aliphatic carbocycles. The molecule has 3 aromatic carbocycles. The minimum Gasteiger partial charge on any atom is -0.508 e. The molecule has 0 aliphatic rings. The number of phenolic OH excluding ortho intramolecular Hbond substituents is 1. The number of likely N-dealkylation sites (N-methyl/N-ethyl adjacent to an activating group) is 1. The second kappa shape index (κ2) is 14.1. The molecule has 3 atom stereocenters. The highest BCUT2D eigenvalue weighted by Crippen LogP contribution is 2.19. The summed E-state index contributed by atoms with van der Waals surface area (Å²) >= 11 is 0. The number of aromatic nitrogens is 1. The number of H-pyrrole nitrogens is 1. The average Bonchev–Trinajstić information content (AvgIpc) is 3.36. The highest BCUT2D eigenvalue weighted by Gasteiger charge is 2.28. The van der Waals surface area contributed by atoms with Crippen molar-refractivity contribution in [3.05, 3.63) is 102 Å². The van der Waals surface area contributed by atoms with Gasteiger partial charge >= 0.3 is 0 Å². The quantitative estimate of drug-likeness (QED) is 0.151. The fourth-order valence-electron chi connectivity index (χ4n) is 4.84. The van der Waals surface area contributed by atoms with Gasteiger partial charge in [0.05, 0.1) is 6.54 Å². The standard InChI is InChI=1S/C32H37N5O4/c1-21(16-24-19-34-27-11-7-6-10-26(24)27)35-31(40)29(17-22-8-4-3-5-9-22)37-32(41)28(36-30(39)20-33-2)18-23-12-14-25(38)15-13-23/h3-15,19,21,28-29,33-34,38H,16-18,20H2,1-2H3,(H,35,40)(H,36,39)(H,37,41)/t21?,28?,29-/m0/s1. The number of rotatable bonds is 13. The highest BCUT2D eigenvalue weighted by molar-refractivity contribution is 5.93. The Balaban J connectivity index is 1.50. The molecule has 0 saturated carbocycles. The third-order valence-corrected chi connectivity index (χ3v) is 6.87. The summed E-state index contributed by atoms with van der Waals surface area (Å²) in [6.45, 7) is 1.98. The van der Waals surface area contributed by atoms with Crippen LogP contribution in [0.25, 0.3) is 10.9 Å². The van der Waals surface area contributed by atoms with E-state index in [0.717, 1.165) is 27.6 Å². The lowest BCUT2D eigenvalue weighted by Gasteiger charge is -2.25. The summed E-state index contributed by atoms with van der Waals surface area (Å²) in [5.74, 6) is -1.01. The maximum absolute atomic E-state index is 13.6. The summed E-state index contributed by atoms with van der Waals surface area (Å²) in [5.41, 5.74) is 3.78.